The van der Waals surface area contributed by atoms with Gasteiger partial charge in [-0.2, -0.15) is 9.61 Å². The first-order chi connectivity index (χ1) is 14.5. The van der Waals surface area contributed by atoms with Gasteiger partial charge in [-0.3, -0.25) is 0 Å². The number of hydrogen-bond acceptors (Lipinski definition) is 6. The maximum Gasteiger partial charge on any atom is 0.240 e. The highest BCUT2D eigenvalue weighted by Crippen LogP contribution is 2.24. The Bertz CT molecular complexity index is 1280. The first-order valence-corrected chi connectivity index (χ1v) is 10.8. The van der Waals surface area contributed by atoms with Gasteiger partial charge in [0.05, 0.1) is 17.2 Å². The number of aromatic nitrogens is 3. The minimum Gasteiger partial charge on any atom is -0.395 e. The smallest absolute Gasteiger partial charge is 0.240 e. The summed E-state index contributed by atoms with van der Waals surface area (Å²) in [6, 6.07) is 18.1. The van der Waals surface area contributed by atoms with Crippen molar-refractivity contribution < 1.29 is 13.5 Å². The highest BCUT2D eigenvalue weighted by atomic mass is 32.2. The summed E-state index contributed by atoms with van der Waals surface area (Å²) >= 11 is 0. The van der Waals surface area contributed by atoms with Gasteiger partial charge in [-0.15, -0.1) is 0 Å². The number of hydrogen-bond donors (Lipinski definition) is 3. The fraction of sp³-hybridized carbons (Fsp3) is 0.100. The summed E-state index contributed by atoms with van der Waals surface area (Å²) in [6.45, 7) is -0.289. The van der Waals surface area contributed by atoms with E-state index < -0.39 is 10.0 Å². The highest BCUT2D eigenvalue weighted by molar-refractivity contribution is 7.89. The van der Waals surface area contributed by atoms with Gasteiger partial charge in [-0.05, 0) is 29.7 Å². The van der Waals surface area contributed by atoms with Crippen LogP contribution in [0.5, 0.6) is 0 Å². The predicted octanol–water partition coefficient (Wildman–Crippen LogP) is 0.669. The number of benzene rings is 2. The molecule has 10 heteroatoms. The summed E-state index contributed by atoms with van der Waals surface area (Å²) in [5, 5.41) is 16.5. The van der Waals surface area contributed by atoms with Crippen LogP contribution in [0.1, 0.15) is 0 Å². The van der Waals surface area contributed by atoms with Gasteiger partial charge < -0.3 is 10.4 Å². The molecule has 0 radical (unpaired) electrons. The Morgan fingerprint density at radius 2 is 1.80 bits per heavy atom. The van der Waals surface area contributed by atoms with Crippen molar-refractivity contribution in [3.8, 4) is 11.3 Å². The zero-order valence-corrected chi connectivity index (χ0v) is 17.1. The van der Waals surface area contributed by atoms with E-state index in [1.165, 1.54) is 12.1 Å². The lowest BCUT2D eigenvalue weighted by atomic mass is 10.0. The second kappa shape index (κ2) is 8.27. The molecule has 2 heterocycles. The van der Waals surface area contributed by atoms with Gasteiger partial charge in [0.25, 0.3) is 0 Å². The topological polar surface area (TPSA) is 109 Å². The van der Waals surface area contributed by atoms with Gasteiger partial charge in [-0.25, -0.2) is 18.1 Å². The van der Waals surface area contributed by atoms with Crippen molar-refractivity contribution in [1.29, 1.82) is 0 Å². The Morgan fingerprint density at radius 1 is 1.07 bits per heavy atom. The van der Waals surface area contributed by atoms with E-state index in [1.54, 1.807) is 22.8 Å². The lowest BCUT2D eigenvalue weighted by Crippen LogP contribution is -2.26. The van der Waals surface area contributed by atoms with E-state index in [4.69, 9.17) is 10.1 Å². The average molecular weight is 421 g/mol. The lowest BCUT2D eigenvalue weighted by molar-refractivity contribution is 0.301. The summed E-state index contributed by atoms with van der Waals surface area (Å²) in [5.41, 5.74) is 4.19. The third-order valence-electron chi connectivity index (χ3n) is 4.56. The van der Waals surface area contributed by atoms with Crippen molar-refractivity contribution in [2.45, 2.75) is 4.90 Å². The standard InChI is InChI=1S/C20H20BN5O3S/c21-17-13-22-26-19(12-18(25-20(17)26)14-4-2-1-3-5-14)24-15-6-8-16(9-7-15)30(28,29)23-10-11-27/h1-9,12-13,23-24,27H,10-11,21H2. The fourth-order valence-corrected chi connectivity index (χ4v) is 4.07. The predicted molar refractivity (Wildman–Crippen MR) is 119 cm³/mol. The zero-order valence-electron chi connectivity index (χ0n) is 16.3. The monoisotopic (exact) mass is 421 g/mol. The molecule has 0 spiro atoms. The van der Waals surface area contributed by atoms with Crippen molar-refractivity contribution in [3.63, 3.8) is 0 Å². The van der Waals surface area contributed by atoms with Crippen LogP contribution < -0.4 is 15.5 Å². The fourth-order valence-electron chi connectivity index (χ4n) is 3.05. The van der Waals surface area contributed by atoms with Crippen LogP contribution in [0, 0.1) is 0 Å². The number of nitrogens with one attached hydrogen (secondary N) is 2. The van der Waals surface area contributed by atoms with Crippen molar-refractivity contribution >= 4 is 40.5 Å². The van der Waals surface area contributed by atoms with Gasteiger partial charge in [-0.1, -0.05) is 30.3 Å². The quantitative estimate of drug-likeness (QED) is 0.379. The Kier molecular flexibility index (Phi) is 5.54. The van der Waals surface area contributed by atoms with Crippen LogP contribution in [-0.2, 0) is 10.0 Å². The maximum absolute atomic E-state index is 12.2. The van der Waals surface area contributed by atoms with E-state index >= 15 is 0 Å². The molecule has 0 saturated carbocycles. The van der Waals surface area contributed by atoms with Crippen molar-refractivity contribution in [2.24, 2.45) is 0 Å². The molecule has 0 saturated heterocycles. The van der Waals surface area contributed by atoms with E-state index in [-0.39, 0.29) is 18.0 Å². The third-order valence-corrected chi connectivity index (χ3v) is 6.04. The molecular formula is C20H20BN5O3S. The van der Waals surface area contributed by atoms with Crippen LogP contribution in [0.3, 0.4) is 0 Å². The molecule has 0 unspecified atom stereocenters. The molecule has 152 valence electrons. The molecule has 30 heavy (non-hydrogen) atoms. The number of nitrogens with zero attached hydrogens (tertiary/aromatic N) is 3. The second-order valence-electron chi connectivity index (χ2n) is 6.73. The first-order valence-electron chi connectivity index (χ1n) is 9.36. The molecule has 8 nitrogen and oxygen atoms in total. The molecule has 0 fully saturated rings. The van der Waals surface area contributed by atoms with E-state index in [0.29, 0.717) is 11.5 Å². The average Bonchev–Trinajstić information content (AvgIpc) is 3.14. The van der Waals surface area contributed by atoms with Gasteiger partial charge in [0.2, 0.25) is 10.0 Å². The lowest BCUT2D eigenvalue weighted by Gasteiger charge is -2.12. The Morgan fingerprint density at radius 3 is 2.50 bits per heavy atom. The van der Waals surface area contributed by atoms with Crippen molar-refractivity contribution in [2.75, 3.05) is 18.5 Å². The van der Waals surface area contributed by atoms with Crippen LogP contribution in [0.25, 0.3) is 16.9 Å². The summed E-state index contributed by atoms with van der Waals surface area (Å²) in [4.78, 5) is 4.86. The molecule has 0 amide bonds. The number of fused-ring (bicyclic) bond motifs is 1. The zero-order chi connectivity index (χ0) is 21.1. The number of aliphatic hydroxyl groups is 1. The molecule has 4 aromatic rings. The summed E-state index contributed by atoms with van der Waals surface area (Å²) in [5.74, 6) is 0.709. The van der Waals surface area contributed by atoms with Gasteiger partial charge in [0.1, 0.15) is 13.7 Å². The van der Waals surface area contributed by atoms with E-state index in [9.17, 15) is 8.42 Å². The highest BCUT2D eigenvalue weighted by Gasteiger charge is 2.14. The van der Waals surface area contributed by atoms with Crippen LogP contribution >= 0.6 is 0 Å². The van der Waals surface area contributed by atoms with E-state index in [1.807, 2.05) is 44.2 Å². The third kappa shape index (κ3) is 4.06. The summed E-state index contributed by atoms with van der Waals surface area (Å²) in [7, 11) is -1.70. The summed E-state index contributed by atoms with van der Waals surface area (Å²) in [6.07, 6.45) is 1.75. The van der Waals surface area contributed by atoms with Crippen LogP contribution in [0.4, 0.5) is 11.5 Å². The molecule has 2 aromatic heterocycles. The molecule has 3 N–H and O–H groups in total. The molecule has 4 rings (SSSR count). The van der Waals surface area contributed by atoms with Crippen molar-refractivity contribution in [1.82, 2.24) is 19.3 Å². The Labute approximate surface area is 175 Å². The molecule has 0 aliphatic rings. The first kappa shape index (κ1) is 20.1. The maximum atomic E-state index is 12.2. The molecule has 0 bridgehead atoms. The summed E-state index contributed by atoms with van der Waals surface area (Å²) < 4.78 is 28.4. The van der Waals surface area contributed by atoms with E-state index in [0.717, 1.165) is 22.4 Å². The second-order valence-corrected chi connectivity index (χ2v) is 8.49. The van der Waals surface area contributed by atoms with Gasteiger partial charge in [0.15, 0.2) is 5.65 Å². The van der Waals surface area contributed by atoms with Crippen LogP contribution in [-0.4, -0.2) is 49.1 Å². The molecule has 0 aliphatic heterocycles. The van der Waals surface area contributed by atoms with E-state index in [2.05, 4.69) is 15.1 Å². The molecule has 0 aliphatic carbocycles. The minimum absolute atomic E-state index is 0.0295. The number of anilines is 2. The van der Waals surface area contributed by atoms with Crippen LogP contribution in [0.2, 0.25) is 0 Å². The number of aliphatic hydroxyl groups excluding tert-OH is 1. The Balaban J connectivity index is 1.68. The van der Waals surface area contributed by atoms with Crippen molar-refractivity contribution in [3.05, 3.63) is 66.9 Å². The van der Waals surface area contributed by atoms with Gasteiger partial charge in [0, 0.05) is 30.1 Å². The number of rotatable bonds is 7. The number of sulfonamides is 1. The molecule has 0 atom stereocenters. The van der Waals surface area contributed by atoms with Crippen LogP contribution in [0.15, 0.2) is 71.8 Å². The minimum atomic E-state index is -3.65. The van der Waals surface area contributed by atoms with Gasteiger partial charge >= 0.3 is 0 Å². The molecule has 2 aromatic carbocycles. The molecular weight excluding hydrogens is 401 g/mol. The Hall–Kier alpha value is -3.21. The SMILES string of the molecule is Bc1cnn2c(Nc3ccc(S(=O)(=O)NCCO)cc3)cc(-c3ccccc3)nc12. The normalized spacial score (nSPS) is 11.6. The largest absolute Gasteiger partial charge is 0.395 e.